The summed E-state index contributed by atoms with van der Waals surface area (Å²) in [5, 5.41) is 12.2. The van der Waals surface area contributed by atoms with E-state index in [1.54, 1.807) is 6.08 Å². The van der Waals surface area contributed by atoms with E-state index in [1.807, 2.05) is 68.7 Å². The third kappa shape index (κ3) is 5.55. The fourth-order valence-electron chi connectivity index (χ4n) is 3.33. The summed E-state index contributed by atoms with van der Waals surface area (Å²) in [7, 11) is 0. The Morgan fingerprint density at radius 2 is 1.68 bits per heavy atom. The van der Waals surface area contributed by atoms with E-state index < -0.39 is 0 Å². The van der Waals surface area contributed by atoms with Crippen LogP contribution in [0.15, 0.2) is 54.2 Å². The normalized spacial score (nSPS) is 10.7. The van der Waals surface area contributed by atoms with Crippen molar-refractivity contribution in [3.8, 4) is 5.75 Å². The molecule has 0 spiro atoms. The second kappa shape index (κ2) is 10.3. The van der Waals surface area contributed by atoms with Crippen molar-refractivity contribution in [2.45, 2.75) is 46.0 Å². The zero-order valence-corrected chi connectivity index (χ0v) is 19.3. The van der Waals surface area contributed by atoms with E-state index in [2.05, 4.69) is 22.1 Å². The van der Waals surface area contributed by atoms with Crippen LogP contribution in [-0.2, 0) is 17.9 Å². The van der Waals surface area contributed by atoms with Crippen molar-refractivity contribution >= 4 is 23.4 Å². The van der Waals surface area contributed by atoms with E-state index in [4.69, 9.17) is 4.74 Å². The number of carbonyl (C=O) groups is 1. The van der Waals surface area contributed by atoms with Crippen molar-refractivity contribution in [3.05, 3.63) is 77.1 Å². The molecule has 0 aliphatic carbocycles. The highest BCUT2D eigenvalue weighted by Gasteiger charge is 2.15. The Morgan fingerprint density at radius 1 is 1.06 bits per heavy atom. The molecule has 0 aliphatic heterocycles. The van der Waals surface area contributed by atoms with Crippen LogP contribution in [0.25, 0.3) is 0 Å². The molecular weight excluding hydrogens is 408 g/mol. The summed E-state index contributed by atoms with van der Waals surface area (Å²) in [6.07, 6.45) is 1.78. The SMILES string of the molecule is C=CCn1c(COc2c(C)cccc2C)nnc1SCC(=O)Nc1c(C)cccc1C. The molecule has 0 radical (unpaired) electrons. The van der Waals surface area contributed by atoms with Gasteiger partial charge >= 0.3 is 0 Å². The molecule has 1 heterocycles. The van der Waals surface area contributed by atoms with Gasteiger partial charge in [-0.3, -0.25) is 9.36 Å². The number of carbonyl (C=O) groups excluding carboxylic acids is 1. The molecule has 7 heteroatoms. The Hall–Kier alpha value is -3.06. The predicted octanol–water partition coefficient (Wildman–Crippen LogP) is 5.01. The summed E-state index contributed by atoms with van der Waals surface area (Å²) in [5.74, 6) is 1.71. The first-order valence-electron chi connectivity index (χ1n) is 10.1. The molecule has 0 bridgehead atoms. The summed E-state index contributed by atoms with van der Waals surface area (Å²) in [6.45, 7) is 12.7. The number of aromatic nitrogens is 3. The van der Waals surface area contributed by atoms with Crippen molar-refractivity contribution < 1.29 is 9.53 Å². The van der Waals surface area contributed by atoms with Crippen molar-refractivity contribution in [2.75, 3.05) is 11.1 Å². The van der Waals surface area contributed by atoms with Crippen LogP contribution in [0.4, 0.5) is 5.69 Å². The van der Waals surface area contributed by atoms with Gasteiger partial charge in [0.25, 0.3) is 0 Å². The molecule has 3 rings (SSSR count). The maximum atomic E-state index is 12.5. The van der Waals surface area contributed by atoms with E-state index in [0.717, 1.165) is 33.7 Å². The minimum atomic E-state index is -0.0797. The minimum Gasteiger partial charge on any atom is -0.485 e. The number of rotatable bonds is 9. The largest absolute Gasteiger partial charge is 0.485 e. The Bertz CT molecular complexity index is 1050. The number of hydrogen-bond acceptors (Lipinski definition) is 5. The molecule has 0 aliphatic rings. The standard InChI is InChI=1S/C24H28N4O2S/c1-6-13-28-20(14-30-23-18(4)11-8-12-19(23)5)26-27-24(28)31-15-21(29)25-22-16(2)9-7-10-17(22)3/h6-12H,1,13-15H2,2-5H3,(H,25,29). The second-order valence-corrected chi connectivity index (χ2v) is 8.35. The van der Waals surface area contributed by atoms with E-state index in [0.29, 0.717) is 24.1 Å². The topological polar surface area (TPSA) is 69.0 Å². The molecular formula is C24H28N4O2S. The molecule has 1 aromatic heterocycles. The van der Waals surface area contributed by atoms with E-state index in [1.165, 1.54) is 11.8 Å². The molecule has 0 fully saturated rings. The van der Waals surface area contributed by atoms with Crippen LogP contribution < -0.4 is 10.1 Å². The Morgan fingerprint density at radius 3 is 2.29 bits per heavy atom. The maximum absolute atomic E-state index is 12.5. The van der Waals surface area contributed by atoms with Gasteiger partial charge in [-0.15, -0.1) is 16.8 Å². The molecule has 1 amide bonds. The van der Waals surface area contributed by atoms with Crippen molar-refractivity contribution in [1.29, 1.82) is 0 Å². The highest BCUT2D eigenvalue weighted by Crippen LogP contribution is 2.25. The first kappa shape index (κ1) is 22.6. The summed E-state index contributed by atoms with van der Waals surface area (Å²) >= 11 is 1.35. The van der Waals surface area contributed by atoms with E-state index in [-0.39, 0.29) is 11.7 Å². The van der Waals surface area contributed by atoms with Gasteiger partial charge in [-0.1, -0.05) is 54.2 Å². The second-order valence-electron chi connectivity index (χ2n) is 7.41. The highest BCUT2D eigenvalue weighted by atomic mass is 32.2. The lowest BCUT2D eigenvalue weighted by Gasteiger charge is -2.13. The molecule has 2 aromatic carbocycles. The van der Waals surface area contributed by atoms with Crippen LogP contribution in [0.3, 0.4) is 0 Å². The molecule has 0 unspecified atom stereocenters. The van der Waals surface area contributed by atoms with Gasteiger partial charge in [-0.2, -0.15) is 0 Å². The van der Waals surface area contributed by atoms with E-state index in [9.17, 15) is 4.79 Å². The Labute approximate surface area is 187 Å². The fraction of sp³-hybridized carbons (Fsp3) is 0.292. The molecule has 0 atom stereocenters. The fourth-order valence-corrected chi connectivity index (χ4v) is 4.09. The lowest BCUT2D eigenvalue weighted by molar-refractivity contribution is -0.113. The van der Waals surface area contributed by atoms with Gasteiger partial charge in [0.05, 0.1) is 5.75 Å². The summed E-state index contributed by atoms with van der Waals surface area (Å²) < 4.78 is 7.97. The zero-order chi connectivity index (χ0) is 22.4. The van der Waals surface area contributed by atoms with Gasteiger partial charge in [0, 0.05) is 12.2 Å². The summed E-state index contributed by atoms with van der Waals surface area (Å²) in [4.78, 5) is 12.5. The van der Waals surface area contributed by atoms with Crippen LogP contribution in [0, 0.1) is 27.7 Å². The average molecular weight is 437 g/mol. The first-order valence-corrected chi connectivity index (χ1v) is 11.1. The Kier molecular flexibility index (Phi) is 7.52. The zero-order valence-electron chi connectivity index (χ0n) is 18.4. The van der Waals surface area contributed by atoms with Gasteiger partial charge in [0.2, 0.25) is 5.91 Å². The van der Waals surface area contributed by atoms with E-state index >= 15 is 0 Å². The number of benzene rings is 2. The number of hydrogen-bond donors (Lipinski definition) is 1. The van der Waals surface area contributed by atoms with Gasteiger partial charge in [-0.05, 0) is 49.9 Å². The van der Waals surface area contributed by atoms with Crippen LogP contribution in [0.1, 0.15) is 28.1 Å². The third-order valence-electron chi connectivity index (χ3n) is 4.94. The minimum absolute atomic E-state index is 0.0797. The quantitative estimate of drug-likeness (QED) is 0.377. The molecule has 0 saturated heterocycles. The van der Waals surface area contributed by atoms with Crippen molar-refractivity contribution in [1.82, 2.24) is 14.8 Å². The van der Waals surface area contributed by atoms with Gasteiger partial charge in [-0.25, -0.2) is 0 Å². The number of thioether (sulfide) groups is 1. The van der Waals surface area contributed by atoms with Crippen LogP contribution in [0.2, 0.25) is 0 Å². The molecule has 162 valence electrons. The summed E-state index contributed by atoms with van der Waals surface area (Å²) in [5.41, 5.74) is 5.10. The highest BCUT2D eigenvalue weighted by molar-refractivity contribution is 7.99. The average Bonchev–Trinajstić information content (AvgIpc) is 3.11. The molecule has 0 saturated carbocycles. The number of aryl methyl sites for hydroxylation is 4. The molecule has 6 nitrogen and oxygen atoms in total. The molecule has 3 aromatic rings. The lowest BCUT2D eigenvalue weighted by Crippen LogP contribution is -2.16. The maximum Gasteiger partial charge on any atom is 0.234 e. The monoisotopic (exact) mass is 436 g/mol. The number of anilines is 1. The molecule has 1 N–H and O–H groups in total. The van der Waals surface area contributed by atoms with Gasteiger partial charge in [0.15, 0.2) is 11.0 Å². The molecule has 31 heavy (non-hydrogen) atoms. The number of nitrogens with zero attached hydrogens (tertiary/aromatic N) is 3. The van der Waals surface area contributed by atoms with Crippen LogP contribution >= 0.6 is 11.8 Å². The Balaban J connectivity index is 1.67. The van der Waals surface area contributed by atoms with Gasteiger partial charge < -0.3 is 10.1 Å². The van der Waals surface area contributed by atoms with Crippen LogP contribution in [0.5, 0.6) is 5.75 Å². The number of allylic oxidation sites excluding steroid dienone is 1. The third-order valence-corrected chi connectivity index (χ3v) is 5.90. The van der Waals surface area contributed by atoms with Gasteiger partial charge in [0.1, 0.15) is 12.4 Å². The number of para-hydroxylation sites is 2. The van der Waals surface area contributed by atoms with Crippen molar-refractivity contribution in [2.24, 2.45) is 0 Å². The summed E-state index contributed by atoms with van der Waals surface area (Å²) in [6, 6.07) is 12.0. The predicted molar refractivity (Wildman–Crippen MR) is 126 cm³/mol. The first-order chi connectivity index (χ1) is 14.9. The lowest BCUT2D eigenvalue weighted by atomic mass is 10.1. The number of ether oxygens (including phenoxy) is 1. The number of nitrogens with one attached hydrogen (secondary N) is 1. The van der Waals surface area contributed by atoms with Crippen LogP contribution in [-0.4, -0.2) is 26.4 Å². The van der Waals surface area contributed by atoms with Crippen molar-refractivity contribution in [3.63, 3.8) is 0 Å². The smallest absolute Gasteiger partial charge is 0.234 e. The number of amides is 1.